The Morgan fingerprint density at radius 3 is 2.81 bits per heavy atom. The first-order valence-electron chi connectivity index (χ1n) is 10.7. The molecular weight excluding hydrogens is 420 g/mol. The van der Waals surface area contributed by atoms with Crippen molar-refractivity contribution in [3.8, 4) is 0 Å². The van der Waals surface area contributed by atoms with Gasteiger partial charge in [0.25, 0.3) is 5.91 Å². The van der Waals surface area contributed by atoms with Crippen LogP contribution in [0.5, 0.6) is 0 Å². The zero-order valence-electron chi connectivity index (χ0n) is 17.8. The molecule has 1 amide bonds. The van der Waals surface area contributed by atoms with E-state index < -0.39 is 0 Å². The second-order valence-electron chi connectivity index (χ2n) is 7.88. The van der Waals surface area contributed by atoms with Crippen molar-refractivity contribution in [2.45, 2.75) is 29.9 Å². The van der Waals surface area contributed by atoms with E-state index in [1.54, 1.807) is 18.0 Å². The summed E-state index contributed by atoms with van der Waals surface area (Å²) in [6.07, 6.45) is 4.74. The molecule has 0 bridgehead atoms. The molecule has 0 saturated carbocycles. The van der Waals surface area contributed by atoms with E-state index in [0.29, 0.717) is 11.5 Å². The summed E-state index contributed by atoms with van der Waals surface area (Å²) in [5.74, 6) is 1.01. The Bertz CT molecular complexity index is 1230. The summed E-state index contributed by atoms with van der Waals surface area (Å²) >= 11 is 1.70. The SMILES string of the molecule is Cc1c(C2CCOC2)nc2ccc(NC(=O)c3ccc(SCc4ccccn4)cc3)cn12. The maximum Gasteiger partial charge on any atom is 0.255 e. The number of carbonyl (C=O) groups excluding carboxylic acids is 1. The fourth-order valence-electron chi connectivity index (χ4n) is 3.94. The Morgan fingerprint density at radius 2 is 2.06 bits per heavy atom. The van der Waals surface area contributed by atoms with Crippen molar-refractivity contribution in [2.24, 2.45) is 0 Å². The van der Waals surface area contributed by atoms with Crippen molar-refractivity contribution in [3.63, 3.8) is 0 Å². The summed E-state index contributed by atoms with van der Waals surface area (Å²) < 4.78 is 7.57. The molecule has 4 heterocycles. The Balaban J connectivity index is 1.26. The van der Waals surface area contributed by atoms with E-state index in [1.807, 2.05) is 65.2 Å². The monoisotopic (exact) mass is 444 g/mol. The molecule has 32 heavy (non-hydrogen) atoms. The number of ether oxygens (including phenoxy) is 1. The number of nitrogens with one attached hydrogen (secondary N) is 1. The Morgan fingerprint density at radius 1 is 1.19 bits per heavy atom. The van der Waals surface area contributed by atoms with Crippen molar-refractivity contribution >= 4 is 29.0 Å². The number of hydrogen-bond donors (Lipinski definition) is 1. The van der Waals surface area contributed by atoms with Gasteiger partial charge in [0.05, 0.1) is 23.7 Å². The molecule has 1 saturated heterocycles. The highest BCUT2D eigenvalue weighted by Gasteiger charge is 2.23. The van der Waals surface area contributed by atoms with E-state index in [9.17, 15) is 4.79 Å². The highest BCUT2D eigenvalue weighted by atomic mass is 32.2. The van der Waals surface area contributed by atoms with Crippen molar-refractivity contribution in [3.05, 3.63) is 89.6 Å². The molecule has 1 fully saturated rings. The lowest BCUT2D eigenvalue weighted by Gasteiger charge is -2.08. The number of nitrogens with zero attached hydrogens (tertiary/aromatic N) is 3. The van der Waals surface area contributed by atoms with Crippen molar-refractivity contribution in [1.29, 1.82) is 0 Å². The van der Waals surface area contributed by atoms with Crippen LogP contribution in [0.2, 0.25) is 0 Å². The second-order valence-corrected chi connectivity index (χ2v) is 8.93. The molecule has 4 aromatic rings. The van der Waals surface area contributed by atoms with Gasteiger partial charge in [0, 0.05) is 46.8 Å². The largest absolute Gasteiger partial charge is 0.381 e. The number of aromatic nitrogens is 3. The normalized spacial score (nSPS) is 15.8. The zero-order valence-corrected chi connectivity index (χ0v) is 18.6. The minimum absolute atomic E-state index is 0.132. The quantitative estimate of drug-likeness (QED) is 0.420. The minimum Gasteiger partial charge on any atom is -0.381 e. The van der Waals surface area contributed by atoms with Crippen LogP contribution in [0.3, 0.4) is 0 Å². The molecule has 0 aliphatic carbocycles. The number of aryl methyl sites for hydroxylation is 1. The Hall–Kier alpha value is -3.16. The molecule has 162 valence electrons. The van der Waals surface area contributed by atoms with Gasteiger partial charge in [-0.25, -0.2) is 4.98 Å². The van der Waals surface area contributed by atoms with Gasteiger partial charge < -0.3 is 14.5 Å². The molecule has 1 aromatic carbocycles. The average molecular weight is 445 g/mol. The first-order chi connectivity index (χ1) is 15.7. The number of fused-ring (bicyclic) bond motifs is 1. The number of thioether (sulfide) groups is 1. The molecule has 1 atom stereocenters. The van der Waals surface area contributed by atoms with E-state index in [4.69, 9.17) is 9.72 Å². The fourth-order valence-corrected chi connectivity index (χ4v) is 4.75. The molecule has 7 heteroatoms. The number of carbonyl (C=O) groups is 1. The third kappa shape index (κ3) is 4.40. The molecule has 0 spiro atoms. The van der Waals surface area contributed by atoms with Crippen LogP contribution in [-0.4, -0.2) is 33.5 Å². The van der Waals surface area contributed by atoms with E-state index in [1.165, 1.54) is 0 Å². The predicted molar refractivity (Wildman–Crippen MR) is 126 cm³/mol. The highest BCUT2D eigenvalue weighted by Crippen LogP contribution is 2.28. The first kappa shape index (κ1) is 20.7. The van der Waals surface area contributed by atoms with Gasteiger partial charge in [0.2, 0.25) is 0 Å². The minimum atomic E-state index is -0.132. The van der Waals surface area contributed by atoms with Gasteiger partial charge in [-0.1, -0.05) is 6.07 Å². The summed E-state index contributed by atoms with van der Waals surface area (Å²) in [4.78, 5) is 23.0. The molecule has 1 aliphatic heterocycles. The molecule has 5 rings (SSSR count). The average Bonchev–Trinajstić information content (AvgIpc) is 3.47. The van der Waals surface area contributed by atoms with Crippen LogP contribution in [0.4, 0.5) is 5.69 Å². The molecule has 1 aliphatic rings. The van der Waals surface area contributed by atoms with Crippen LogP contribution >= 0.6 is 11.8 Å². The van der Waals surface area contributed by atoms with Crippen LogP contribution in [0.15, 0.2) is 71.9 Å². The van der Waals surface area contributed by atoms with Crippen molar-refractivity contribution in [2.75, 3.05) is 18.5 Å². The van der Waals surface area contributed by atoms with Gasteiger partial charge in [-0.05, 0) is 61.9 Å². The lowest BCUT2D eigenvalue weighted by molar-refractivity contribution is 0.102. The van der Waals surface area contributed by atoms with Crippen LogP contribution in [-0.2, 0) is 10.5 Å². The number of amides is 1. The smallest absolute Gasteiger partial charge is 0.255 e. The van der Waals surface area contributed by atoms with E-state index >= 15 is 0 Å². The third-order valence-electron chi connectivity index (χ3n) is 5.70. The summed E-state index contributed by atoms with van der Waals surface area (Å²) in [5, 5.41) is 3.00. The first-order valence-corrected chi connectivity index (χ1v) is 11.7. The fraction of sp³-hybridized carbons (Fsp3) is 0.240. The van der Waals surface area contributed by atoms with Gasteiger partial charge in [-0.15, -0.1) is 11.8 Å². The maximum absolute atomic E-state index is 12.8. The third-order valence-corrected chi connectivity index (χ3v) is 6.74. The number of anilines is 1. The number of hydrogen-bond acceptors (Lipinski definition) is 5. The summed E-state index contributed by atoms with van der Waals surface area (Å²) in [6.45, 7) is 3.59. The van der Waals surface area contributed by atoms with Gasteiger partial charge >= 0.3 is 0 Å². The van der Waals surface area contributed by atoms with Crippen molar-refractivity contribution in [1.82, 2.24) is 14.4 Å². The molecule has 0 radical (unpaired) electrons. The lowest BCUT2D eigenvalue weighted by atomic mass is 10.0. The zero-order chi connectivity index (χ0) is 21.9. The number of benzene rings is 1. The Kier molecular flexibility index (Phi) is 5.92. The van der Waals surface area contributed by atoms with E-state index in [0.717, 1.165) is 58.7 Å². The molecule has 3 aromatic heterocycles. The van der Waals surface area contributed by atoms with Gasteiger partial charge in [-0.3, -0.25) is 9.78 Å². The molecule has 1 N–H and O–H groups in total. The van der Waals surface area contributed by atoms with Crippen LogP contribution in [0.25, 0.3) is 5.65 Å². The summed E-state index contributed by atoms with van der Waals surface area (Å²) in [7, 11) is 0. The van der Waals surface area contributed by atoms with E-state index in [2.05, 4.69) is 17.2 Å². The van der Waals surface area contributed by atoms with Crippen LogP contribution in [0, 0.1) is 6.92 Å². The standard InChI is InChI=1S/C25H24N4O2S/c1-17-24(19-11-13-31-15-19)28-23-10-7-20(14-29(17)23)27-25(30)18-5-8-22(9-6-18)32-16-21-4-2-3-12-26-21/h2-10,12,14,19H,11,13,15-16H2,1H3,(H,27,30). The second kappa shape index (κ2) is 9.14. The van der Waals surface area contributed by atoms with E-state index in [-0.39, 0.29) is 5.91 Å². The highest BCUT2D eigenvalue weighted by molar-refractivity contribution is 7.98. The molecule has 1 unspecified atom stereocenters. The number of rotatable bonds is 6. The summed E-state index contributed by atoms with van der Waals surface area (Å²) in [6, 6.07) is 17.4. The van der Waals surface area contributed by atoms with Crippen LogP contribution in [0.1, 0.15) is 39.8 Å². The van der Waals surface area contributed by atoms with Crippen LogP contribution < -0.4 is 5.32 Å². The van der Waals surface area contributed by atoms with Gasteiger partial charge in [0.1, 0.15) is 5.65 Å². The predicted octanol–water partition coefficient (Wildman–Crippen LogP) is 5.09. The molecular formula is C25H24N4O2S. The van der Waals surface area contributed by atoms with Gasteiger partial charge in [-0.2, -0.15) is 0 Å². The van der Waals surface area contributed by atoms with Crippen molar-refractivity contribution < 1.29 is 9.53 Å². The van der Waals surface area contributed by atoms with Gasteiger partial charge in [0.15, 0.2) is 0 Å². The molecule has 6 nitrogen and oxygen atoms in total. The number of pyridine rings is 2. The lowest BCUT2D eigenvalue weighted by Crippen LogP contribution is -2.12. The Labute approximate surface area is 191 Å². The topological polar surface area (TPSA) is 68.5 Å². The summed E-state index contributed by atoms with van der Waals surface area (Å²) in [5.41, 5.74) is 5.47. The maximum atomic E-state index is 12.8. The number of imidazole rings is 1.